The fourth-order valence-electron chi connectivity index (χ4n) is 2.99. The van der Waals surface area contributed by atoms with Gasteiger partial charge in [-0.2, -0.15) is 0 Å². The molecule has 0 radical (unpaired) electrons. The second-order valence-corrected chi connectivity index (χ2v) is 8.30. The van der Waals surface area contributed by atoms with E-state index in [1.807, 2.05) is 51.1 Å². The monoisotopic (exact) mass is 403 g/mol. The normalized spacial score (nSPS) is 19.1. The Morgan fingerprint density at radius 3 is 2.31 bits per heavy atom. The molecule has 1 N–H and O–H groups in total. The van der Waals surface area contributed by atoms with E-state index in [0.29, 0.717) is 13.0 Å². The van der Waals surface area contributed by atoms with Gasteiger partial charge < -0.3 is 15.0 Å². The first-order valence-corrected chi connectivity index (χ1v) is 9.62. The number of nitrogens with one attached hydrogen (secondary N) is 1. The summed E-state index contributed by atoms with van der Waals surface area (Å²) in [7, 11) is 0. The van der Waals surface area contributed by atoms with Gasteiger partial charge in [-0.05, 0) is 39.7 Å². The lowest BCUT2D eigenvalue weighted by molar-refractivity contribution is -0.156. The summed E-state index contributed by atoms with van der Waals surface area (Å²) in [6.45, 7) is 8.46. The number of urea groups is 1. The van der Waals surface area contributed by atoms with Crippen LogP contribution in [0.5, 0.6) is 0 Å². The fraction of sp³-hybridized carbons (Fsp3) is 0.524. The molecule has 0 saturated carbocycles. The summed E-state index contributed by atoms with van der Waals surface area (Å²) in [5.74, 6) is -1.64. The van der Waals surface area contributed by atoms with E-state index in [1.165, 1.54) is 0 Å². The summed E-state index contributed by atoms with van der Waals surface area (Å²) < 4.78 is 5.07. The summed E-state index contributed by atoms with van der Waals surface area (Å²) in [4.78, 5) is 51.6. The van der Waals surface area contributed by atoms with E-state index in [-0.39, 0.29) is 5.91 Å². The van der Waals surface area contributed by atoms with Crippen molar-refractivity contribution in [1.82, 2.24) is 15.1 Å². The first-order valence-electron chi connectivity index (χ1n) is 9.62. The maximum atomic E-state index is 12.7. The second-order valence-electron chi connectivity index (χ2n) is 8.30. The lowest BCUT2D eigenvalue weighted by Gasteiger charge is -2.35. The molecule has 1 aromatic carbocycles. The minimum atomic E-state index is -1.02. The Bertz CT molecular complexity index is 787. The molecule has 4 amide bonds. The van der Waals surface area contributed by atoms with Crippen LogP contribution >= 0.6 is 0 Å². The average molecular weight is 403 g/mol. The smallest absolute Gasteiger partial charge is 0.326 e. The highest BCUT2D eigenvalue weighted by molar-refractivity contribution is 6.08. The number of hydrogen-bond acceptors (Lipinski definition) is 5. The van der Waals surface area contributed by atoms with E-state index in [0.717, 1.165) is 10.5 Å². The molecule has 2 rings (SSSR count). The zero-order valence-corrected chi connectivity index (χ0v) is 17.7. The van der Waals surface area contributed by atoms with Gasteiger partial charge in [-0.25, -0.2) is 4.79 Å². The van der Waals surface area contributed by atoms with E-state index < -0.39 is 42.1 Å². The SMILES string of the molecule is CCC1(C)NC(=O)N(CC(=O)OCC(=O)N(Cc2ccccc2)C(C)(C)C)C1=O. The molecule has 1 unspecified atom stereocenters. The van der Waals surface area contributed by atoms with Gasteiger partial charge in [0, 0.05) is 12.1 Å². The molecule has 1 aliphatic rings. The van der Waals surface area contributed by atoms with Crippen LogP contribution in [-0.4, -0.2) is 57.8 Å². The molecule has 1 saturated heterocycles. The predicted octanol–water partition coefficient (Wildman–Crippen LogP) is 2.08. The van der Waals surface area contributed by atoms with Crippen LogP contribution in [0, 0.1) is 0 Å². The lowest BCUT2D eigenvalue weighted by Crippen LogP contribution is -2.47. The van der Waals surface area contributed by atoms with Crippen molar-refractivity contribution in [3.05, 3.63) is 35.9 Å². The van der Waals surface area contributed by atoms with Gasteiger partial charge in [-0.1, -0.05) is 37.3 Å². The molecule has 8 heteroatoms. The number of amides is 4. The van der Waals surface area contributed by atoms with Gasteiger partial charge in [0.15, 0.2) is 6.61 Å². The van der Waals surface area contributed by atoms with Gasteiger partial charge in [0.2, 0.25) is 0 Å². The van der Waals surface area contributed by atoms with E-state index in [4.69, 9.17) is 4.74 Å². The molecule has 0 bridgehead atoms. The van der Waals surface area contributed by atoms with Crippen molar-refractivity contribution in [3.8, 4) is 0 Å². The van der Waals surface area contributed by atoms with Crippen molar-refractivity contribution in [2.24, 2.45) is 0 Å². The van der Waals surface area contributed by atoms with Crippen LogP contribution in [0.25, 0.3) is 0 Å². The molecular formula is C21H29N3O5. The van der Waals surface area contributed by atoms with Crippen molar-refractivity contribution < 1.29 is 23.9 Å². The molecule has 29 heavy (non-hydrogen) atoms. The van der Waals surface area contributed by atoms with Crippen molar-refractivity contribution in [2.45, 2.75) is 58.7 Å². The minimum absolute atomic E-state index is 0.356. The Morgan fingerprint density at radius 2 is 1.79 bits per heavy atom. The highest BCUT2D eigenvalue weighted by Gasteiger charge is 2.47. The Hall–Kier alpha value is -2.90. The predicted molar refractivity (Wildman–Crippen MR) is 107 cm³/mol. The zero-order valence-electron chi connectivity index (χ0n) is 17.7. The number of carbonyl (C=O) groups excluding carboxylic acids is 4. The summed E-state index contributed by atoms with van der Waals surface area (Å²) in [6.07, 6.45) is 0.404. The summed E-state index contributed by atoms with van der Waals surface area (Å²) in [6, 6.07) is 8.88. The van der Waals surface area contributed by atoms with Gasteiger partial charge in [-0.15, -0.1) is 0 Å². The van der Waals surface area contributed by atoms with Crippen LogP contribution in [0.3, 0.4) is 0 Å². The van der Waals surface area contributed by atoms with Gasteiger partial charge in [0.05, 0.1) is 0 Å². The summed E-state index contributed by atoms with van der Waals surface area (Å²) in [5.41, 5.74) is -0.542. The standard InChI is InChI=1S/C21H29N3O5/c1-6-21(5)18(27)23(19(28)22-21)13-17(26)29-14-16(25)24(20(2,3)4)12-15-10-8-7-9-11-15/h7-11H,6,12-14H2,1-5H3,(H,22,28). The first-order chi connectivity index (χ1) is 13.5. The Balaban J connectivity index is 1.96. The Morgan fingerprint density at radius 1 is 1.17 bits per heavy atom. The Labute approximate surface area is 171 Å². The van der Waals surface area contributed by atoms with Crippen LogP contribution in [0.2, 0.25) is 0 Å². The molecular weight excluding hydrogens is 374 g/mol. The number of nitrogens with zero attached hydrogens (tertiary/aromatic N) is 2. The van der Waals surface area contributed by atoms with Gasteiger partial charge >= 0.3 is 12.0 Å². The number of imide groups is 1. The number of carbonyl (C=O) groups is 4. The number of esters is 1. The van der Waals surface area contributed by atoms with Crippen molar-refractivity contribution in [1.29, 1.82) is 0 Å². The van der Waals surface area contributed by atoms with Crippen molar-refractivity contribution in [3.63, 3.8) is 0 Å². The summed E-state index contributed by atoms with van der Waals surface area (Å²) in [5, 5.41) is 2.57. The van der Waals surface area contributed by atoms with Crippen molar-refractivity contribution >= 4 is 23.8 Å². The molecule has 0 aliphatic carbocycles. The third-order valence-electron chi connectivity index (χ3n) is 4.99. The van der Waals surface area contributed by atoms with Crippen LogP contribution in [-0.2, 0) is 25.7 Å². The van der Waals surface area contributed by atoms with E-state index in [9.17, 15) is 19.2 Å². The average Bonchev–Trinajstić information content (AvgIpc) is 2.88. The first kappa shape index (κ1) is 22.4. The minimum Gasteiger partial charge on any atom is -0.454 e. The van der Waals surface area contributed by atoms with Crippen LogP contribution in [0.4, 0.5) is 4.79 Å². The molecule has 1 aromatic rings. The number of ether oxygens (including phenoxy) is 1. The molecule has 0 aromatic heterocycles. The third kappa shape index (κ3) is 5.34. The molecule has 1 heterocycles. The van der Waals surface area contributed by atoms with Crippen LogP contribution < -0.4 is 5.32 Å². The third-order valence-corrected chi connectivity index (χ3v) is 4.99. The maximum absolute atomic E-state index is 12.7. The van der Waals surface area contributed by atoms with Crippen molar-refractivity contribution in [2.75, 3.05) is 13.2 Å². The van der Waals surface area contributed by atoms with E-state index in [2.05, 4.69) is 5.32 Å². The molecule has 1 fully saturated rings. The molecule has 158 valence electrons. The lowest BCUT2D eigenvalue weighted by atomic mass is 9.99. The quantitative estimate of drug-likeness (QED) is 0.555. The van der Waals surface area contributed by atoms with E-state index >= 15 is 0 Å². The number of rotatable bonds is 7. The van der Waals surface area contributed by atoms with Crippen LogP contribution in [0.1, 0.15) is 46.6 Å². The Kier molecular flexibility index (Phi) is 6.66. The van der Waals surface area contributed by atoms with E-state index in [1.54, 1.807) is 18.7 Å². The highest BCUT2D eigenvalue weighted by atomic mass is 16.5. The largest absolute Gasteiger partial charge is 0.454 e. The van der Waals surface area contributed by atoms with Gasteiger partial charge in [0.1, 0.15) is 12.1 Å². The zero-order chi connectivity index (χ0) is 21.8. The number of hydrogen-bond donors (Lipinski definition) is 1. The highest BCUT2D eigenvalue weighted by Crippen LogP contribution is 2.21. The topological polar surface area (TPSA) is 96.0 Å². The summed E-state index contributed by atoms with van der Waals surface area (Å²) >= 11 is 0. The van der Waals surface area contributed by atoms with Gasteiger partial charge in [0.25, 0.3) is 11.8 Å². The molecule has 8 nitrogen and oxygen atoms in total. The second kappa shape index (κ2) is 8.63. The maximum Gasteiger partial charge on any atom is 0.326 e. The molecule has 1 atom stereocenters. The van der Waals surface area contributed by atoms with Gasteiger partial charge in [-0.3, -0.25) is 19.3 Å². The number of benzene rings is 1. The molecule has 0 spiro atoms. The fourth-order valence-corrected chi connectivity index (χ4v) is 2.99. The van der Waals surface area contributed by atoms with Crippen LogP contribution in [0.15, 0.2) is 30.3 Å². The molecule has 1 aliphatic heterocycles.